The van der Waals surface area contributed by atoms with Gasteiger partial charge in [0.2, 0.25) is 5.95 Å². The van der Waals surface area contributed by atoms with Gasteiger partial charge in [-0.25, -0.2) is 9.97 Å². The molecule has 29 heavy (non-hydrogen) atoms. The van der Waals surface area contributed by atoms with E-state index in [4.69, 9.17) is 16.6 Å². The van der Waals surface area contributed by atoms with Crippen LogP contribution in [0.15, 0.2) is 30.5 Å². The minimum absolute atomic E-state index is 0.0351. The van der Waals surface area contributed by atoms with E-state index in [-0.39, 0.29) is 11.9 Å². The third-order valence-corrected chi connectivity index (χ3v) is 6.10. The van der Waals surface area contributed by atoms with Crippen molar-refractivity contribution in [2.75, 3.05) is 25.5 Å². The van der Waals surface area contributed by atoms with Crippen molar-refractivity contribution in [3.8, 4) is 11.1 Å². The number of aryl methyl sites for hydroxylation is 1. The van der Waals surface area contributed by atoms with Crippen LogP contribution in [0.4, 0.5) is 5.95 Å². The van der Waals surface area contributed by atoms with Gasteiger partial charge in [0, 0.05) is 37.4 Å². The average Bonchev–Trinajstić information content (AvgIpc) is 3.36. The van der Waals surface area contributed by atoms with Gasteiger partial charge in [0.05, 0.1) is 17.4 Å². The highest BCUT2D eigenvalue weighted by atomic mass is 35.5. The molecule has 1 atom stereocenters. The van der Waals surface area contributed by atoms with Gasteiger partial charge in [-0.1, -0.05) is 28.2 Å². The lowest BCUT2D eigenvalue weighted by molar-refractivity contribution is 0.0737. The zero-order valence-electron chi connectivity index (χ0n) is 16.5. The second kappa shape index (κ2) is 8.04. The quantitative estimate of drug-likeness (QED) is 0.625. The van der Waals surface area contributed by atoms with E-state index >= 15 is 0 Å². The first kappa shape index (κ1) is 19.7. The van der Waals surface area contributed by atoms with Gasteiger partial charge in [-0.05, 0) is 49.0 Å². The van der Waals surface area contributed by atoms with Crippen molar-refractivity contribution in [1.29, 1.82) is 0 Å². The van der Waals surface area contributed by atoms with Gasteiger partial charge in [0.25, 0.3) is 5.91 Å². The Balaban J connectivity index is 1.79. The number of carbonyl (C=O) groups excluding carboxylic acids is 1. The van der Waals surface area contributed by atoms with E-state index in [0.717, 1.165) is 41.2 Å². The predicted octanol–water partition coefficient (Wildman–Crippen LogP) is 4.00. The summed E-state index contributed by atoms with van der Waals surface area (Å²) in [5, 5.41) is 4.67. The lowest BCUT2D eigenvalue weighted by Gasteiger charge is -2.26. The van der Waals surface area contributed by atoms with Crippen LogP contribution in [-0.2, 0) is 0 Å². The van der Waals surface area contributed by atoms with E-state index in [9.17, 15) is 4.79 Å². The predicted molar refractivity (Wildman–Crippen MR) is 114 cm³/mol. The fraction of sp³-hybridized carbons (Fsp3) is 0.350. The Morgan fingerprint density at radius 1 is 1.28 bits per heavy atom. The molecule has 9 heteroatoms. The molecule has 3 aromatic rings. The van der Waals surface area contributed by atoms with E-state index in [0.29, 0.717) is 28.1 Å². The molecule has 1 aromatic carbocycles. The number of benzene rings is 1. The second-order valence-corrected chi connectivity index (χ2v) is 8.40. The summed E-state index contributed by atoms with van der Waals surface area (Å²) in [6.07, 6.45) is 3.60. The van der Waals surface area contributed by atoms with E-state index in [1.54, 1.807) is 0 Å². The number of aromatic nitrogens is 4. The van der Waals surface area contributed by atoms with E-state index in [1.165, 1.54) is 0 Å². The topological polar surface area (TPSA) is 75.1 Å². The Kier molecular flexibility index (Phi) is 5.47. The molecule has 0 spiro atoms. The molecule has 0 radical (unpaired) electrons. The summed E-state index contributed by atoms with van der Waals surface area (Å²) in [7, 11) is 3.82. The average molecular weight is 429 g/mol. The number of hydrogen-bond donors (Lipinski definition) is 0. The Bertz CT molecular complexity index is 1040. The van der Waals surface area contributed by atoms with Crippen molar-refractivity contribution in [1.82, 2.24) is 24.5 Å². The summed E-state index contributed by atoms with van der Waals surface area (Å²) in [4.78, 5) is 26.9. The monoisotopic (exact) mass is 428 g/mol. The van der Waals surface area contributed by atoms with Crippen molar-refractivity contribution >= 4 is 35.0 Å². The molecule has 1 amide bonds. The van der Waals surface area contributed by atoms with Gasteiger partial charge in [-0.2, -0.15) is 0 Å². The number of likely N-dealkylation sites (tertiary alicyclic amines) is 1. The number of carbonyl (C=O) groups is 1. The number of rotatable bonds is 4. The number of hydrogen-bond acceptors (Lipinski definition) is 7. The van der Waals surface area contributed by atoms with Gasteiger partial charge in [0.1, 0.15) is 4.88 Å². The molecule has 1 aliphatic rings. The van der Waals surface area contributed by atoms with Crippen LogP contribution < -0.4 is 4.90 Å². The third kappa shape index (κ3) is 3.82. The standard InChI is InChI=1S/C20H21ClN6OS/c1-12-18(29-25-24-12)19(28)27-10-4-5-16(27)17-15(11-22-20(23-17)26(2)3)13-6-8-14(21)9-7-13/h6-9,11,16H,4-5,10H2,1-3H3/t16-/m0/s1. The maximum absolute atomic E-state index is 13.2. The molecule has 0 saturated carbocycles. The van der Waals surface area contributed by atoms with Crippen LogP contribution in [0.25, 0.3) is 11.1 Å². The first-order chi connectivity index (χ1) is 14.0. The molecule has 150 valence electrons. The molecule has 2 aromatic heterocycles. The van der Waals surface area contributed by atoms with Crippen LogP contribution in [0.1, 0.15) is 39.9 Å². The zero-order valence-corrected chi connectivity index (χ0v) is 18.0. The summed E-state index contributed by atoms with van der Waals surface area (Å²) in [5.74, 6) is 0.583. The summed E-state index contributed by atoms with van der Waals surface area (Å²) >= 11 is 7.21. The summed E-state index contributed by atoms with van der Waals surface area (Å²) < 4.78 is 3.92. The van der Waals surface area contributed by atoms with Crippen LogP contribution in [-0.4, -0.2) is 51.0 Å². The molecule has 0 unspecified atom stereocenters. The van der Waals surface area contributed by atoms with Crippen LogP contribution in [0.5, 0.6) is 0 Å². The molecule has 0 bridgehead atoms. The minimum atomic E-state index is -0.128. The lowest BCUT2D eigenvalue weighted by atomic mass is 9.99. The second-order valence-electron chi connectivity index (χ2n) is 7.21. The Morgan fingerprint density at radius 3 is 2.69 bits per heavy atom. The highest BCUT2D eigenvalue weighted by Crippen LogP contribution is 2.38. The number of anilines is 1. The zero-order chi connectivity index (χ0) is 20.5. The Hall–Kier alpha value is -2.58. The highest BCUT2D eigenvalue weighted by molar-refractivity contribution is 7.07. The fourth-order valence-corrected chi connectivity index (χ4v) is 4.30. The maximum atomic E-state index is 13.2. The first-order valence-corrected chi connectivity index (χ1v) is 10.5. The Labute approximate surface area is 178 Å². The molecule has 7 nitrogen and oxygen atoms in total. The molecule has 1 saturated heterocycles. The van der Waals surface area contributed by atoms with Crippen LogP contribution in [0.2, 0.25) is 5.02 Å². The lowest BCUT2D eigenvalue weighted by Crippen LogP contribution is -2.31. The largest absolute Gasteiger partial charge is 0.347 e. The SMILES string of the molecule is Cc1nnsc1C(=O)N1CCC[C@H]1c1nc(N(C)C)ncc1-c1ccc(Cl)cc1. The molecule has 0 aliphatic carbocycles. The maximum Gasteiger partial charge on any atom is 0.268 e. The van der Waals surface area contributed by atoms with Gasteiger partial charge < -0.3 is 9.80 Å². The molecular weight excluding hydrogens is 408 g/mol. The Morgan fingerprint density at radius 2 is 2.03 bits per heavy atom. The van der Waals surface area contributed by atoms with Gasteiger partial charge in [-0.3, -0.25) is 4.79 Å². The summed E-state index contributed by atoms with van der Waals surface area (Å²) in [6, 6.07) is 7.49. The normalized spacial score (nSPS) is 16.3. The molecule has 4 rings (SSSR count). The van der Waals surface area contributed by atoms with Crippen molar-refractivity contribution in [3.05, 3.63) is 51.7 Å². The minimum Gasteiger partial charge on any atom is -0.347 e. The van der Waals surface area contributed by atoms with E-state index in [2.05, 4.69) is 14.6 Å². The molecular formula is C20H21ClN6OS. The first-order valence-electron chi connectivity index (χ1n) is 9.36. The highest BCUT2D eigenvalue weighted by Gasteiger charge is 2.35. The fourth-order valence-electron chi connectivity index (χ4n) is 3.56. The van der Waals surface area contributed by atoms with E-state index in [1.807, 2.05) is 61.3 Å². The van der Waals surface area contributed by atoms with Crippen molar-refractivity contribution < 1.29 is 4.79 Å². The van der Waals surface area contributed by atoms with Crippen molar-refractivity contribution in [3.63, 3.8) is 0 Å². The summed E-state index contributed by atoms with van der Waals surface area (Å²) in [5.41, 5.74) is 3.41. The number of nitrogens with zero attached hydrogens (tertiary/aromatic N) is 6. The smallest absolute Gasteiger partial charge is 0.268 e. The molecule has 1 aliphatic heterocycles. The molecule has 0 N–H and O–H groups in total. The van der Waals surface area contributed by atoms with Gasteiger partial charge >= 0.3 is 0 Å². The van der Waals surface area contributed by atoms with Gasteiger partial charge in [-0.15, -0.1) is 5.10 Å². The van der Waals surface area contributed by atoms with Crippen LogP contribution in [0.3, 0.4) is 0 Å². The number of halogens is 1. The van der Waals surface area contributed by atoms with Crippen molar-refractivity contribution in [2.24, 2.45) is 0 Å². The van der Waals surface area contributed by atoms with Gasteiger partial charge in [0.15, 0.2) is 0 Å². The van der Waals surface area contributed by atoms with Crippen LogP contribution >= 0.6 is 23.1 Å². The molecule has 3 heterocycles. The molecule has 1 fully saturated rings. The van der Waals surface area contributed by atoms with E-state index < -0.39 is 0 Å². The third-order valence-electron chi connectivity index (χ3n) is 5.04. The van der Waals surface area contributed by atoms with Crippen LogP contribution in [0, 0.1) is 6.92 Å². The number of amides is 1. The van der Waals surface area contributed by atoms with Crippen molar-refractivity contribution in [2.45, 2.75) is 25.8 Å². The summed E-state index contributed by atoms with van der Waals surface area (Å²) in [6.45, 7) is 2.50.